The molecule has 2 unspecified atom stereocenters. The van der Waals surface area contributed by atoms with Gasteiger partial charge in [-0.3, -0.25) is 4.90 Å². The molecule has 6 nitrogen and oxygen atoms in total. The summed E-state index contributed by atoms with van der Waals surface area (Å²) in [5, 5.41) is 10.3. The largest absolute Gasteiger partial charge is 0.472 e. The first-order valence-electron chi connectivity index (χ1n) is 12.5. The second kappa shape index (κ2) is 8.43. The van der Waals surface area contributed by atoms with E-state index in [1.807, 2.05) is 37.3 Å². The number of carbonyl (C=O) groups is 1. The zero-order valence-corrected chi connectivity index (χ0v) is 19.7. The van der Waals surface area contributed by atoms with Crippen molar-refractivity contribution < 1.29 is 19.4 Å². The third-order valence-corrected chi connectivity index (χ3v) is 8.07. The number of fused-ring (bicyclic) bond motifs is 3. The van der Waals surface area contributed by atoms with Gasteiger partial charge in [0, 0.05) is 47.6 Å². The van der Waals surface area contributed by atoms with Crippen LogP contribution in [0.1, 0.15) is 64.8 Å². The molecule has 2 saturated heterocycles. The minimum atomic E-state index is -0.324. The molecule has 0 amide bonds. The van der Waals surface area contributed by atoms with Crippen LogP contribution in [0, 0.1) is 12.8 Å². The van der Waals surface area contributed by atoms with Crippen molar-refractivity contribution in [1.82, 2.24) is 9.88 Å². The summed E-state index contributed by atoms with van der Waals surface area (Å²) in [5.74, 6) is 1.04. The predicted octanol–water partition coefficient (Wildman–Crippen LogP) is 4.85. The van der Waals surface area contributed by atoms with Crippen LogP contribution < -0.4 is 4.74 Å². The van der Waals surface area contributed by atoms with Crippen LogP contribution in [0.4, 0.5) is 0 Å². The summed E-state index contributed by atoms with van der Waals surface area (Å²) in [4.78, 5) is 19.3. The highest BCUT2D eigenvalue weighted by Gasteiger charge is 2.52. The van der Waals surface area contributed by atoms with Crippen molar-refractivity contribution in [2.75, 3.05) is 13.1 Å². The van der Waals surface area contributed by atoms with Gasteiger partial charge in [-0.25, -0.2) is 4.79 Å². The fourth-order valence-corrected chi connectivity index (χ4v) is 6.51. The molecule has 2 atom stereocenters. The Hall–Kier alpha value is -2.83. The normalized spacial score (nSPS) is 24.1. The van der Waals surface area contributed by atoms with Gasteiger partial charge < -0.3 is 19.6 Å². The van der Waals surface area contributed by atoms with E-state index in [-0.39, 0.29) is 24.9 Å². The van der Waals surface area contributed by atoms with Crippen molar-refractivity contribution in [3.63, 3.8) is 0 Å². The lowest BCUT2D eigenvalue weighted by Crippen LogP contribution is -2.64. The van der Waals surface area contributed by atoms with Gasteiger partial charge in [0.1, 0.15) is 12.4 Å². The Bertz CT molecular complexity index is 1250. The number of aromatic nitrogens is 1. The number of ether oxygens (including phenoxy) is 2. The van der Waals surface area contributed by atoms with Crippen molar-refractivity contribution >= 4 is 16.9 Å². The van der Waals surface area contributed by atoms with Crippen molar-refractivity contribution in [2.45, 2.75) is 64.4 Å². The molecular weight excluding hydrogens is 428 g/mol. The zero-order chi connectivity index (χ0) is 23.3. The quantitative estimate of drug-likeness (QED) is 0.545. The molecule has 2 aromatic carbocycles. The molecule has 3 aromatic rings. The number of H-pyrrole nitrogens is 1. The van der Waals surface area contributed by atoms with Gasteiger partial charge in [-0.15, -0.1) is 0 Å². The summed E-state index contributed by atoms with van der Waals surface area (Å²) in [6.07, 6.45) is 6.84. The van der Waals surface area contributed by atoms with Gasteiger partial charge in [0.05, 0.1) is 12.2 Å². The highest BCUT2D eigenvalue weighted by atomic mass is 16.5. The number of aromatic amines is 1. The summed E-state index contributed by atoms with van der Waals surface area (Å²) in [6.45, 7) is 4.31. The van der Waals surface area contributed by atoms with E-state index in [4.69, 9.17) is 9.47 Å². The number of benzene rings is 2. The maximum Gasteiger partial charge on any atom is 0.340 e. The second-order valence-electron chi connectivity index (χ2n) is 10.1. The number of piperidine rings is 2. The second-order valence-corrected chi connectivity index (χ2v) is 10.1. The molecule has 3 aliphatic rings. The number of esters is 1. The van der Waals surface area contributed by atoms with Crippen LogP contribution in [0.5, 0.6) is 5.75 Å². The van der Waals surface area contributed by atoms with E-state index in [0.29, 0.717) is 11.5 Å². The Labute approximate surface area is 199 Å². The first kappa shape index (κ1) is 21.7. The van der Waals surface area contributed by atoms with Crippen molar-refractivity contribution in [1.29, 1.82) is 0 Å². The number of hydrogen-bond donors (Lipinski definition) is 2. The molecule has 1 aromatic heterocycles. The number of aryl methyl sites for hydroxylation is 1. The molecule has 0 radical (unpaired) electrons. The number of nitrogens with zero attached hydrogens (tertiary/aromatic N) is 1. The Morgan fingerprint density at radius 3 is 2.94 bits per heavy atom. The highest BCUT2D eigenvalue weighted by Crippen LogP contribution is 2.50. The van der Waals surface area contributed by atoms with E-state index >= 15 is 0 Å². The van der Waals surface area contributed by atoms with Crippen LogP contribution in [0.3, 0.4) is 0 Å². The molecule has 6 heteroatoms. The average molecular weight is 461 g/mol. The molecule has 1 spiro atoms. The Kier molecular flexibility index (Phi) is 5.38. The highest BCUT2D eigenvalue weighted by molar-refractivity contribution is 6.07. The maximum atomic E-state index is 13.3. The van der Waals surface area contributed by atoms with Crippen molar-refractivity contribution in [2.24, 2.45) is 5.92 Å². The molecule has 4 heterocycles. The summed E-state index contributed by atoms with van der Waals surface area (Å²) in [7, 11) is 0. The standard InChI is InChI=1S/C28H32N2O4/c1-18-25(27(32)33-17-20-7-4-6-19(14-20)16-31)26-22-15-21-8-5-13-30-12-3-2-11-28(21,30)34-24(22)10-9-23(26)29-18/h4,6-7,9-10,14,21,29,31H,2-3,5,8,11-13,15-17H2,1H3. The van der Waals surface area contributed by atoms with E-state index in [1.165, 1.54) is 19.3 Å². The Balaban J connectivity index is 1.35. The van der Waals surface area contributed by atoms with Crippen LogP contribution >= 0.6 is 0 Å². The molecule has 6 rings (SSSR count). The van der Waals surface area contributed by atoms with Gasteiger partial charge in [-0.05, 0) is 62.3 Å². The smallest absolute Gasteiger partial charge is 0.340 e. The van der Waals surface area contributed by atoms with Gasteiger partial charge in [0.15, 0.2) is 5.72 Å². The van der Waals surface area contributed by atoms with Gasteiger partial charge in [0.25, 0.3) is 0 Å². The summed E-state index contributed by atoms with van der Waals surface area (Å²) in [5.41, 5.74) is 5.02. The molecular formula is C28H32N2O4. The lowest BCUT2D eigenvalue weighted by atomic mass is 9.74. The summed E-state index contributed by atoms with van der Waals surface area (Å²) < 4.78 is 12.6. The van der Waals surface area contributed by atoms with Crippen LogP contribution in [0.25, 0.3) is 10.9 Å². The SMILES string of the molecule is Cc1[nH]c2ccc3c(c2c1C(=O)OCc1cccc(CO)c1)CC1CCCN2CCCCC12O3. The van der Waals surface area contributed by atoms with Crippen molar-refractivity contribution in [3.05, 3.63) is 64.3 Å². The molecule has 34 heavy (non-hydrogen) atoms. The molecule has 2 N–H and O–H groups in total. The van der Waals surface area contributed by atoms with E-state index < -0.39 is 0 Å². The number of carbonyl (C=O) groups excluding carboxylic acids is 1. The van der Waals surface area contributed by atoms with Crippen LogP contribution in [0.15, 0.2) is 36.4 Å². The van der Waals surface area contributed by atoms with E-state index in [9.17, 15) is 9.90 Å². The topological polar surface area (TPSA) is 74.8 Å². The molecule has 0 bridgehead atoms. The van der Waals surface area contributed by atoms with Gasteiger partial charge in [-0.2, -0.15) is 0 Å². The monoisotopic (exact) mass is 460 g/mol. The lowest BCUT2D eigenvalue weighted by molar-refractivity contribution is -0.177. The third-order valence-electron chi connectivity index (χ3n) is 8.07. The molecule has 2 fully saturated rings. The fourth-order valence-electron chi connectivity index (χ4n) is 6.51. The van der Waals surface area contributed by atoms with Crippen molar-refractivity contribution in [3.8, 4) is 5.75 Å². The third kappa shape index (κ3) is 3.43. The predicted molar refractivity (Wildman–Crippen MR) is 130 cm³/mol. The lowest BCUT2D eigenvalue weighted by Gasteiger charge is -2.56. The van der Waals surface area contributed by atoms with E-state index in [2.05, 4.69) is 16.0 Å². The Morgan fingerprint density at radius 2 is 2.06 bits per heavy atom. The average Bonchev–Trinajstić information content (AvgIpc) is 3.21. The summed E-state index contributed by atoms with van der Waals surface area (Å²) in [6, 6.07) is 11.6. The molecule has 3 aliphatic heterocycles. The van der Waals surface area contributed by atoms with E-state index in [0.717, 1.165) is 71.4 Å². The van der Waals surface area contributed by atoms with Gasteiger partial charge in [0.2, 0.25) is 0 Å². The fraction of sp³-hybridized carbons (Fsp3) is 0.464. The van der Waals surface area contributed by atoms with Gasteiger partial charge in [-0.1, -0.05) is 24.3 Å². The molecule has 0 saturated carbocycles. The summed E-state index contributed by atoms with van der Waals surface area (Å²) >= 11 is 0. The number of aliphatic hydroxyl groups is 1. The number of rotatable bonds is 4. The molecule has 0 aliphatic carbocycles. The Morgan fingerprint density at radius 1 is 1.21 bits per heavy atom. The number of hydrogen-bond acceptors (Lipinski definition) is 5. The van der Waals surface area contributed by atoms with Crippen LogP contribution in [-0.2, 0) is 24.4 Å². The number of nitrogens with one attached hydrogen (secondary N) is 1. The maximum absolute atomic E-state index is 13.3. The van der Waals surface area contributed by atoms with Gasteiger partial charge >= 0.3 is 5.97 Å². The molecule has 178 valence electrons. The van der Waals surface area contributed by atoms with Crippen LogP contribution in [0.2, 0.25) is 0 Å². The minimum Gasteiger partial charge on any atom is -0.472 e. The first-order chi connectivity index (χ1) is 16.6. The van der Waals surface area contributed by atoms with E-state index in [1.54, 1.807) is 0 Å². The number of aliphatic hydroxyl groups excluding tert-OH is 1. The minimum absolute atomic E-state index is 0.0322. The van der Waals surface area contributed by atoms with Crippen LogP contribution in [-0.4, -0.2) is 39.8 Å². The first-order valence-corrected chi connectivity index (χ1v) is 12.5. The zero-order valence-electron chi connectivity index (χ0n) is 19.7.